The second-order valence-corrected chi connectivity index (χ2v) is 7.74. The number of amides is 1. The van der Waals surface area contributed by atoms with E-state index in [2.05, 4.69) is 13.0 Å². The van der Waals surface area contributed by atoms with Crippen molar-refractivity contribution in [3.05, 3.63) is 28.3 Å². The third-order valence-electron chi connectivity index (χ3n) is 4.84. The van der Waals surface area contributed by atoms with E-state index in [1.54, 1.807) is 0 Å². The molecule has 0 unspecified atom stereocenters. The monoisotopic (exact) mass is 331 g/mol. The third kappa shape index (κ3) is 3.52. The predicted molar refractivity (Wildman–Crippen MR) is 94.9 cm³/mol. The Morgan fingerprint density at radius 2 is 1.96 bits per heavy atom. The molecule has 2 aliphatic rings. The maximum atomic E-state index is 12.4. The molecule has 24 heavy (non-hydrogen) atoms. The molecule has 0 bridgehead atoms. The average Bonchev–Trinajstić information content (AvgIpc) is 2.73. The molecule has 0 radical (unpaired) electrons. The molecule has 1 amide bonds. The van der Waals surface area contributed by atoms with Gasteiger partial charge in [0.1, 0.15) is 11.4 Å². The number of benzene rings is 1. The minimum atomic E-state index is -0.447. The van der Waals surface area contributed by atoms with Gasteiger partial charge < -0.3 is 14.4 Å². The highest BCUT2D eigenvalue weighted by Crippen LogP contribution is 2.35. The van der Waals surface area contributed by atoms with Crippen molar-refractivity contribution < 1.29 is 14.3 Å². The van der Waals surface area contributed by atoms with E-state index in [0.29, 0.717) is 6.54 Å². The molecule has 3 rings (SSSR count). The summed E-state index contributed by atoms with van der Waals surface area (Å²) in [6.07, 6.45) is 4.82. The van der Waals surface area contributed by atoms with Crippen molar-refractivity contribution in [2.45, 2.75) is 65.4 Å². The predicted octanol–water partition coefficient (Wildman–Crippen LogP) is 3.91. The summed E-state index contributed by atoms with van der Waals surface area (Å²) in [4.78, 5) is 14.3. The number of fused-ring (bicyclic) bond motifs is 2. The van der Waals surface area contributed by atoms with Gasteiger partial charge in [-0.1, -0.05) is 6.92 Å². The van der Waals surface area contributed by atoms with Crippen molar-refractivity contribution in [2.24, 2.45) is 0 Å². The van der Waals surface area contributed by atoms with Crippen molar-refractivity contribution in [3.8, 4) is 5.75 Å². The summed E-state index contributed by atoms with van der Waals surface area (Å²) in [5.41, 5.74) is 5.19. The number of hydrogen-bond acceptors (Lipinski definition) is 3. The van der Waals surface area contributed by atoms with Crippen LogP contribution in [0.2, 0.25) is 0 Å². The highest BCUT2D eigenvalue weighted by molar-refractivity contribution is 5.68. The van der Waals surface area contributed by atoms with Crippen LogP contribution < -0.4 is 4.74 Å². The normalized spacial score (nSPS) is 17.4. The number of carbonyl (C=O) groups is 1. The first-order chi connectivity index (χ1) is 11.4. The van der Waals surface area contributed by atoms with Crippen molar-refractivity contribution in [2.75, 3.05) is 19.7 Å². The molecule has 2 aliphatic heterocycles. The third-order valence-corrected chi connectivity index (χ3v) is 4.84. The van der Waals surface area contributed by atoms with E-state index in [0.717, 1.165) is 51.0 Å². The molecule has 1 aromatic rings. The second kappa shape index (κ2) is 6.66. The van der Waals surface area contributed by atoms with Gasteiger partial charge in [-0.25, -0.2) is 4.79 Å². The maximum Gasteiger partial charge on any atom is 0.410 e. The number of rotatable bonds is 1. The Morgan fingerprint density at radius 3 is 2.67 bits per heavy atom. The molecule has 0 spiro atoms. The van der Waals surface area contributed by atoms with E-state index < -0.39 is 5.60 Å². The summed E-state index contributed by atoms with van der Waals surface area (Å²) >= 11 is 0. The van der Waals surface area contributed by atoms with E-state index in [4.69, 9.17) is 9.47 Å². The highest BCUT2D eigenvalue weighted by Gasteiger charge is 2.27. The Morgan fingerprint density at radius 1 is 1.21 bits per heavy atom. The molecule has 0 saturated heterocycles. The molecular formula is C20H29NO3. The average molecular weight is 331 g/mol. The molecule has 0 atom stereocenters. The number of hydrogen-bond donors (Lipinski definition) is 0. The summed E-state index contributed by atoms with van der Waals surface area (Å²) in [6, 6.07) is 2.22. The minimum Gasteiger partial charge on any atom is -0.493 e. The van der Waals surface area contributed by atoms with Crippen molar-refractivity contribution in [1.29, 1.82) is 0 Å². The topological polar surface area (TPSA) is 38.8 Å². The lowest BCUT2D eigenvalue weighted by atomic mass is 9.88. The van der Waals surface area contributed by atoms with Crippen LogP contribution in [0.15, 0.2) is 6.07 Å². The summed E-state index contributed by atoms with van der Waals surface area (Å²) in [5, 5.41) is 0. The first kappa shape index (κ1) is 17.1. The van der Waals surface area contributed by atoms with Crippen LogP contribution in [0, 0.1) is 0 Å². The van der Waals surface area contributed by atoms with Gasteiger partial charge in [-0.05, 0) is 81.2 Å². The minimum absolute atomic E-state index is 0.200. The van der Waals surface area contributed by atoms with Gasteiger partial charge in [-0.15, -0.1) is 0 Å². The largest absolute Gasteiger partial charge is 0.493 e. The van der Waals surface area contributed by atoms with Crippen LogP contribution in [-0.4, -0.2) is 36.3 Å². The number of ether oxygens (including phenoxy) is 2. The quantitative estimate of drug-likeness (QED) is 0.783. The zero-order valence-electron chi connectivity index (χ0n) is 15.4. The Bertz CT molecular complexity index is 631. The second-order valence-electron chi connectivity index (χ2n) is 7.74. The maximum absolute atomic E-state index is 12.4. The lowest BCUT2D eigenvalue weighted by Gasteiger charge is -2.26. The first-order valence-corrected chi connectivity index (χ1v) is 9.16. The summed E-state index contributed by atoms with van der Waals surface area (Å²) < 4.78 is 11.5. The Hall–Kier alpha value is -1.71. The molecular weight excluding hydrogens is 302 g/mol. The number of nitrogens with zero attached hydrogens (tertiary/aromatic N) is 1. The van der Waals surface area contributed by atoms with Crippen LogP contribution >= 0.6 is 0 Å². The molecule has 4 nitrogen and oxygen atoms in total. The standard InChI is InChI=1S/C20H29NO3/c1-5-15-16-9-11-21(19(22)24-20(2,3)4)10-8-14(16)13-18-17(15)7-6-12-23-18/h13H,5-12H2,1-4H3. The molecule has 0 aliphatic carbocycles. The molecule has 1 aromatic carbocycles. The van der Waals surface area contributed by atoms with E-state index in [1.165, 1.54) is 22.3 Å². The molecule has 2 heterocycles. The van der Waals surface area contributed by atoms with Crippen LogP contribution in [0.5, 0.6) is 5.75 Å². The van der Waals surface area contributed by atoms with Gasteiger partial charge in [0.2, 0.25) is 0 Å². The van der Waals surface area contributed by atoms with E-state index in [1.807, 2.05) is 25.7 Å². The van der Waals surface area contributed by atoms with Crippen molar-refractivity contribution in [1.82, 2.24) is 4.90 Å². The van der Waals surface area contributed by atoms with Crippen LogP contribution in [0.3, 0.4) is 0 Å². The van der Waals surface area contributed by atoms with Crippen LogP contribution in [0.1, 0.15) is 56.4 Å². The Labute approximate surface area is 145 Å². The Balaban J connectivity index is 1.84. The van der Waals surface area contributed by atoms with Crippen LogP contribution in [0.25, 0.3) is 0 Å². The summed E-state index contributed by atoms with van der Waals surface area (Å²) in [5.74, 6) is 1.07. The van der Waals surface area contributed by atoms with Gasteiger partial charge in [0.25, 0.3) is 0 Å². The molecule has 132 valence electrons. The lowest BCUT2D eigenvalue weighted by Crippen LogP contribution is -2.38. The zero-order valence-corrected chi connectivity index (χ0v) is 15.4. The number of carbonyl (C=O) groups excluding carboxylic acids is 1. The van der Waals surface area contributed by atoms with E-state index >= 15 is 0 Å². The molecule has 0 fully saturated rings. The van der Waals surface area contributed by atoms with Crippen molar-refractivity contribution in [3.63, 3.8) is 0 Å². The highest BCUT2D eigenvalue weighted by atomic mass is 16.6. The van der Waals surface area contributed by atoms with Gasteiger partial charge in [-0.3, -0.25) is 0 Å². The summed E-state index contributed by atoms with van der Waals surface area (Å²) in [6.45, 7) is 10.2. The van der Waals surface area contributed by atoms with Gasteiger partial charge in [0, 0.05) is 13.1 Å². The van der Waals surface area contributed by atoms with Crippen molar-refractivity contribution >= 4 is 6.09 Å². The van der Waals surface area contributed by atoms with Gasteiger partial charge in [-0.2, -0.15) is 0 Å². The van der Waals surface area contributed by atoms with Gasteiger partial charge >= 0.3 is 6.09 Å². The molecule has 0 aromatic heterocycles. The molecule has 0 N–H and O–H groups in total. The van der Waals surface area contributed by atoms with Gasteiger partial charge in [0.15, 0.2) is 0 Å². The summed E-state index contributed by atoms with van der Waals surface area (Å²) in [7, 11) is 0. The first-order valence-electron chi connectivity index (χ1n) is 9.16. The van der Waals surface area contributed by atoms with Crippen LogP contribution in [-0.2, 0) is 30.4 Å². The smallest absolute Gasteiger partial charge is 0.410 e. The van der Waals surface area contributed by atoms with Crippen LogP contribution in [0.4, 0.5) is 4.79 Å². The fourth-order valence-electron chi connectivity index (χ4n) is 3.78. The fraction of sp³-hybridized carbons (Fsp3) is 0.650. The van der Waals surface area contributed by atoms with E-state index in [9.17, 15) is 4.79 Å². The zero-order chi connectivity index (χ0) is 17.3. The molecule has 4 heteroatoms. The Kier molecular flexibility index (Phi) is 4.75. The lowest BCUT2D eigenvalue weighted by molar-refractivity contribution is 0.0258. The van der Waals surface area contributed by atoms with E-state index in [-0.39, 0.29) is 6.09 Å². The molecule has 0 saturated carbocycles. The fourth-order valence-corrected chi connectivity index (χ4v) is 3.78. The SMILES string of the molecule is CCc1c2c(cc3c1CCCO3)CCN(C(=O)OC(C)(C)C)CC2. The van der Waals surface area contributed by atoms with Gasteiger partial charge in [0.05, 0.1) is 6.61 Å².